The van der Waals surface area contributed by atoms with Gasteiger partial charge in [-0.05, 0) is 32.9 Å². The van der Waals surface area contributed by atoms with Crippen molar-refractivity contribution in [3.8, 4) is 0 Å². The van der Waals surface area contributed by atoms with Crippen molar-refractivity contribution in [1.29, 1.82) is 0 Å². The van der Waals surface area contributed by atoms with Crippen molar-refractivity contribution in [3.63, 3.8) is 0 Å². The molecule has 1 aromatic carbocycles. The molecule has 0 spiro atoms. The van der Waals surface area contributed by atoms with Gasteiger partial charge in [-0.15, -0.1) is 0 Å². The smallest absolute Gasteiger partial charge is 0.251 e. The molecule has 0 radical (unpaired) electrons. The predicted molar refractivity (Wildman–Crippen MR) is 83.3 cm³/mol. The Labute approximate surface area is 125 Å². The van der Waals surface area contributed by atoms with Crippen LogP contribution in [-0.2, 0) is 6.54 Å². The predicted octanol–water partition coefficient (Wildman–Crippen LogP) is 1.85. The summed E-state index contributed by atoms with van der Waals surface area (Å²) in [5, 5.41) is 13.3. The number of benzene rings is 1. The maximum atomic E-state index is 11.9. The van der Waals surface area contributed by atoms with Crippen LogP contribution in [0.15, 0.2) is 24.3 Å². The lowest BCUT2D eigenvalue weighted by Crippen LogP contribution is -2.31. The third-order valence-corrected chi connectivity index (χ3v) is 3.48. The molecule has 1 amide bonds. The van der Waals surface area contributed by atoms with Crippen LogP contribution >= 0.6 is 0 Å². The number of rotatable bonds is 6. The summed E-state index contributed by atoms with van der Waals surface area (Å²) in [6, 6.07) is 7.57. The van der Waals surface area contributed by atoms with Crippen LogP contribution in [0.4, 0.5) is 0 Å². The molecule has 5 heteroatoms. The normalized spacial score (nSPS) is 10.6. The molecule has 5 nitrogen and oxygen atoms in total. The van der Waals surface area contributed by atoms with Gasteiger partial charge in [0.15, 0.2) is 0 Å². The summed E-state index contributed by atoms with van der Waals surface area (Å²) < 4.78 is 0. The van der Waals surface area contributed by atoms with Crippen molar-refractivity contribution in [3.05, 3.63) is 52.3 Å². The third kappa shape index (κ3) is 4.16. The van der Waals surface area contributed by atoms with E-state index in [1.54, 1.807) is 0 Å². The van der Waals surface area contributed by atoms with Gasteiger partial charge >= 0.3 is 0 Å². The molecule has 0 fully saturated rings. The topological polar surface area (TPSA) is 69.8 Å². The summed E-state index contributed by atoms with van der Waals surface area (Å²) in [7, 11) is 0. The number of H-pyrrole nitrogens is 1. The van der Waals surface area contributed by atoms with Crippen LogP contribution in [0.3, 0.4) is 0 Å². The van der Waals surface area contributed by atoms with Crippen molar-refractivity contribution in [1.82, 2.24) is 20.8 Å². The second-order valence-corrected chi connectivity index (χ2v) is 5.21. The van der Waals surface area contributed by atoms with Crippen LogP contribution in [0.2, 0.25) is 0 Å². The minimum Gasteiger partial charge on any atom is -0.351 e. The van der Waals surface area contributed by atoms with Crippen molar-refractivity contribution in [2.75, 3.05) is 13.1 Å². The van der Waals surface area contributed by atoms with Crippen molar-refractivity contribution >= 4 is 5.91 Å². The van der Waals surface area contributed by atoms with Gasteiger partial charge in [0.25, 0.3) is 5.91 Å². The second-order valence-electron chi connectivity index (χ2n) is 5.21. The van der Waals surface area contributed by atoms with Crippen LogP contribution < -0.4 is 10.6 Å². The first-order valence-electron chi connectivity index (χ1n) is 7.14. The number of hydrogen-bond acceptors (Lipinski definition) is 3. The molecule has 0 saturated carbocycles. The summed E-state index contributed by atoms with van der Waals surface area (Å²) in [5.74, 6) is -0.0347. The largest absolute Gasteiger partial charge is 0.351 e. The van der Waals surface area contributed by atoms with Gasteiger partial charge in [0.05, 0.1) is 5.69 Å². The molecule has 0 saturated heterocycles. The number of aromatic nitrogens is 2. The first-order valence-corrected chi connectivity index (χ1v) is 7.14. The summed E-state index contributed by atoms with van der Waals surface area (Å²) in [5.41, 5.74) is 5.15. The molecule has 0 bridgehead atoms. The molecule has 2 aromatic rings. The molecule has 3 N–H and O–H groups in total. The number of hydrogen-bond donors (Lipinski definition) is 3. The number of carbonyl (C=O) groups excluding carboxylic acids is 1. The van der Waals surface area contributed by atoms with Crippen LogP contribution in [0.5, 0.6) is 0 Å². The van der Waals surface area contributed by atoms with Crippen molar-refractivity contribution in [2.24, 2.45) is 0 Å². The van der Waals surface area contributed by atoms with Crippen LogP contribution in [0.1, 0.15) is 32.9 Å². The first-order chi connectivity index (χ1) is 10.1. The lowest BCUT2D eigenvalue weighted by atomic mass is 10.1. The van der Waals surface area contributed by atoms with Gasteiger partial charge in [-0.1, -0.05) is 17.7 Å². The van der Waals surface area contributed by atoms with Gasteiger partial charge < -0.3 is 10.6 Å². The van der Waals surface area contributed by atoms with Crippen molar-refractivity contribution in [2.45, 2.75) is 27.3 Å². The fraction of sp³-hybridized carbons (Fsp3) is 0.375. The Bertz CT molecular complexity index is 582. The summed E-state index contributed by atoms with van der Waals surface area (Å²) >= 11 is 0. The van der Waals surface area contributed by atoms with E-state index in [1.807, 2.05) is 45.0 Å². The van der Waals surface area contributed by atoms with Crippen LogP contribution in [0, 0.1) is 20.8 Å². The first kappa shape index (κ1) is 15.3. The van der Waals surface area contributed by atoms with Gasteiger partial charge in [0.2, 0.25) is 0 Å². The Morgan fingerprint density at radius 3 is 2.48 bits per heavy atom. The highest BCUT2D eigenvalue weighted by molar-refractivity contribution is 5.94. The molecule has 112 valence electrons. The number of nitrogens with zero attached hydrogens (tertiary/aromatic N) is 1. The zero-order valence-corrected chi connectivity index (χ0v) is 12.8. The average Bonchev–Trinajstić information content (AvgIpc) is 2.79. The Morgan fingerprint density at radius 1 is 1.14 bits per heavy atom. The minimum atomic E-state index is -0.0347. The molecular formula is C16H22N4O. The molecular weight excluding hydrogens is 264 g/mol. The monoisotopic (exact) mass is 286 g/mol. The fourth-order valence-corrected chi connectivity index (χ4v) is 2.12. The van der Waals surface area contributed by atoms with E-state index < -0.39 is 0 Å². The average molecular weight is 286 g/mol. The number of amides is 1. The van der Waals surface area contributed by atoms with Gasteiger partial charge in [-0.25, -0.2) is 0 Å². The van der Waals surface area contributed by atoms with Crippen LogP contribution in [0.25, 0.3) is 0 Å². The Kier molecular flexibility index (Phi) is 5.11. The zero-order valence-electron chi connectivity index (χ0n) is 12.8. The van der Waals surface area contributed by atoms with E-state index in [9.17, 15) is 4.79 Å². The molecule has 1 heterocycles. The highest BCUT2D eigenvalue weighted by Crippen LogP contribution is 2.08. The van der Waals surface area contributed by atoms with Gasteiger partial charge in [0, 0.05) is 36.5 Å². The van der Waals surface area contributed by atoms with Gasteiger partial charge in [-0.2, -0.15) is 5.10 Å². The zero-order chi connectivity index (χ0) is 15.2. The standard InChI is InChI=1S/C16H22N4O/c1-11-4-6-14(7-5-11)16(21)18-9-8-17-10-15-12(2)19-20-13(15)3/h4-7,17H,8-10H2,1-3H3,(H,18,21)(H,19,20). The maximum absolute atomic E-state index is 11.9. The number of nitrogens with one attached hydrogen (secondary N) is 3. The summed E-state index contributed by atoms with van der Waals surface area (Å²) in [4.78, 5) is 11.9. The van der Waals surface area contributed by atoms with Gasteiger partial charge in [-0.3, -0.25) is 9.89 Å². The number of carbonyl (C=O) groups is 1. The number of aryl methyl sites for hydroxylation is 3. The lowest BCUT2D eigenvalue weighted by Gasteiger charge is -2.07. The van der Waals surface area contributed by atoms with Crippen molar-refractivity contribution < 1.29 is 4.79 Å². The Morgan fingerprint density at radius 2 is 1.86 bits per heavy atom. The van der Waals surface area contributed by atoms with E-state index in [0.29, 0.717) is 12.1 Å². The summed E-state index contributed by atoms with van der Waals surface area (Å²) in [6.07, 6.45) is 0. The van der Waals surface area contributed by atoms with Crippen LogP contribution in [-0.4, -0.2) is 29.2 Å². The van der Waals surface area contributed by atoms with E-state index >= 15 is 0 Å². The quantitative estimate of drug-likeness (QED) is 0.710. The molecule has 0 aliphatic carbocycles. The Hall–Kier alpha value is -2.14. The SMILES string of the molecule is Cc1ccc(C(=O)NCCNCc2c(C)n[nH]c2C)cc1. The van der Waals surface area contributed by atoms with E-state index in [4.69, 9.17) is 0 Å². The van der Waals surface area contributed by atoms with E-state index in [2.05, 4.69) is 20.8 Å². The molecule has 21 heavy (non-hydrogen) atoms. The highest BCUT2D eigenvalue weighted by Gasteiger charge is 2.06. The maximum Gasteiger partial charge on any atom is 0.251 e. The highest BCUT2D eigenvalue weighted by atomic mass is 16.1. The molecule has 0 aliphatic heterocycles. The molecule has 2 rings (SSSR count). The minimum absolute atomic E-state index is 0.0347. The van der Waals surface area contributed by atoms with E-state index in [-0.39, 0.29) is 5.91 Å². The fourth-order valence-electron chi connectivity index (χ4n) is 2.12. The molecule has 0 atom stereocenters. The van der Waals surface area contributed by atoms with E-state index in [1.165, 1.54) is 5.56 Å². The molecule has 0 unspecified atom stereocenters. The van der Waals surface area contributed by atoms with E-state index in [0.717, 1.165) is 30.0 Å². The summed E-state index contributed by atoms with van der Waals surface area (Å²) in [6.45, 7) is 8.08. The third-order valence-electron chi connectivity index (χ3n) is 3.48. The Balaban J connectivity index is 1.70. The lowest BCUT2D eigenvalue weighted by molar-refractivity contribution is 0.0954. The second kappa shape index (κ2) is 7.04. The molecule has 1 aromatic heterocycles. The molecule has 0 aliphatic rings. The number of aromatic amines is 1. The van der Waals surface area contributed by atoms with Gasteiger partial charge in [0.1, 0.15) is 0 Å².